The third-order valence-electron chi connectivity index (χ3n) is 2.32. The Hall–Kier alpha value is -1.20. The normalized spacial score (nSPS) is 10.5. The molecule has 1 aromatic heterocycles. The Morgan fingerprint density at radius 2 is 2.29 bits per heavy atom. The summed E-state index contributed by atoms with van der Waals surface area (Å²) in [5, 5.41) is 2.63. The second kappa shape index (κ2) is 5.42. The SMILES string of the molecule is COc1ccc(SCc2csc(N)n2)cc1C. The van der Waals surface area contributed by atoms with E-state index in [9.17, 15) is 0 Å². The maximum absolute atomic E-state index is 5.59. The number of hydrogen-bond acceptors (Lipinski definition) is 5. The molecule has 0 spiro atoms. The van der Waals surface area contributed by atoms with E-state index in [0.29, 0.717) is 5.13 Å². The third kappa shape index (κ3) is 3.14. The van der Waals surface area contributed by atoms with Gasteiger partial charge >= 0.3 is 0 Å². The summed E-state index contributed by atoms with van der Waals surface area (Å²) < 4.78 is 5.23. The van der Waals surface area contributed by atoms with Crippen LogP contribution in [0.4, 0.5) is 5.13 Å². The molecule has 3 nitrogen and oxygen atoms in total. The van der Waals surface area contributed by atoms with Gasteiger partial charge < -0.3 is 10.5 Å². The van der Waals surface area contributed by atoms with Crippen LogP contribution < -0.4 is 10.5 Å². The van der Waals surface area contributed by atoms with Gasteiger partial charge in [-0.2, -0.15) is 0 Å². The largest absolute Gasteiger partial charge is 0.496 e. The molecule has 0 aliphatic rings. The van der Waals surface area contributed by atoms with Gasteiger partial charge in [-0.25, -0.2) is 4.98 Å². The van der Waals surface area contributed by atoms with Gasteiger partial charge in [-0.1, -0.05) is 0 Å². The van der Waals surface area contributed by atoms with Gasteiger partial charge in [0.05, 0.1) is 12.8 Å². The number of methoxy groups -OCH3 is 1. The number of aromatic nitrogens is 1. The number of nitrogens with two attached hydrogens (primary N) is 1. The summed E-state index contributed by atoms with van der Waals surface area (Å²) in [6, 6.07) is 6.18. The second-order valence-corrected chi connectivity index (χ2v) is 5.54. The fraction of sp³-hybridized carbons (Fsp3) is 0.250. The van der Waals surface area contributed by atoms with E-state index in [1.807, 2.05) is 18.4 Å². The van der Waals surface area contributed by atoms with E-state index in [4.69, 9.17) is 10.5 Å². The first-order chi connectivity index (χ1) is 8.19. The van der Waals surface area contributed by atoms with Crippen molar-refractivity contribution < 1.29 is 4.74 Å². The molecule has 0 aliphatic heterocycles. The maximum atomic E-state index is 5.59. The summed E-state index contributed by atoms with van der Waals surface area (Å²) in [6.07, 6.45) is 0. The Balaban J connectivity index is 2.02. The molecule has 0 amide bonds. The van der Waals surface area contributed by atoms with Crippen LogP contribution in [0, 0.1) is 6.92 Å². The molecule has 0 unspecified atom stereocenters. The molecule has 90 valence electrons. The van der Waals surface area contributed by atoms with Gasteiger partial charge in [0.2, 0.25) is 0 Å². The Bertz CT molecular complexity index is 511. The zero-order chi connectivity index (χ0) is 12.3. The number of nitrogen functional groups attached to an aromatic ring is 1. The monoisotopic (exact) mass is 266 g/mol. The van der Waals surface area contributed by atoms with Crippen molar-refractivity contribution in [1.82, 2.24) is 4.98 Å². The summed E-state index contributed by atoms with van der Waals surface area (Å²) in [5.74, 6) is 1.77. The number of aryl methyl sites for hydroxylation is 1. The summed E-state index contributed by atoms with van der Waals surface area (Å²) in [7, 11) is 1.69. The number of hydrogen-bond donors (Lipinski definition) is 1. The number of rotatable bonds is 4. The van der Waals surface area contributed by atoms with Crippen molar-refractivity contribution in [2.75, 3.05) is 12.8 Å². The topological polar surface area (TPSA) is 48.1 Å². The highest BCUT2D eigenvalue weighted by atomic mass is 32.2. The van der Waals surface area contributed by atoms with Crippen LogP contribution in [0.2, 0.25) is 0 Å². The summed E-state index contributed by atoms with van der Waals surface area (Å²) in [5.41, 5.74) is 7.77. The van der Waals surface area contributed by atoms with Gasteiger partial charge in [0, 0.05) is 16.0 Å². The highest BCUT2D eigenvalue weighted by Gasteiger charge is 2.03. The Labute approximate surface area is 109 Å². The number of nitrogens with zero attached hydrogens (tertiary/aromatic N) is 1. The Morgan fingerprint density at radius 1 is 1.47 bits per heavy atom. The van der Waals surface area contributed by atoms with Gasteiger partial charge in [-0.05, 0) is 30.7 Å². The number of anilines is 1. The minimum absolute atomic E-state index is 0.631. The number of thiazole rings is 1. The lowest BCUT2D eigenvalue weighted by Gasteiger charge is -2.06. The number of thioether (sulfide) groups is 1. The molecular formula is C12H14N2OS2. The molecular weight excluding hydrogens is 252 g/mol. The average Bonchev–Trinajstić information content (AvgIpc) is 2.73. The molecule has 1 aromatic carbocycles. The Morgan fingerprint density at radius 3 is 2.88 bits per heavy atom. The molecule has 1 heterocycles. The fourth-order valence-electron chi connectivity index (χ4n) is 1.49. The third-order valence-corrected chi connectivity index (χ3v) is 4.07. The average molecular weight is 266 g/mol. The van der Waals surface area contributed by atoms with Crippen LogP contribution in [0.1, 0.15) is 11.3 Å². The molecule has 0 fully saturated rings. The van der Waals surface area contributed by atoms with E-state index in [-0.39, 0.29) is 0 Å². The van der Waals surface area contributed by atoms with Crippen molar-refractivity contribution in [3.8, 4) is 5.75 Å². The van der Waals surface area contributed by atoms with Crippen molar-refractivity contribution >= 4 is 28.2 Å². The smallest absolute Gasteiger partial charge is 0.180 e. The van der Waals surface area contributed by atoms with E-state index in [1.54, 1.807) is 18.9 Å². The van der Waals surface area contributed by atoms with Crippen LogP contribution in [0.5, 0.6) is 5.75 Å². The van der Waals surface area contributed by atoms with Gasteiger partial charge in [0.15, 0.2) is 5.13 Å². The standard InChI is InChI=1S/C12H14N2OS2/c1-8-5-10(3-4-11(8)15-2)16-6-9-7-17-12(13)14-9/h3-5,7H,6H2,1-2H3,(H2,13,14). The van der Waals surface area contributed by atoms with Crippen LogP contribution in [0.3, 0.4) is 0 Å². The molecule has 0 atom stereocenters. The first-order valence-electron chi connectivity index (χ1n) is 5.16. The van der Waals surface area contributed by atoms with Gasteiger partial charge in [-0.15, -0.1) is 23.1 Å². The molecule has 2 aromatic rings. The van der Waals surface area contributed by atoms with Crippen LogP contribution >= 0.6 is 23.1 Å². The summed E-state index contributed by atoms with van der Waals surface area (Å²) >= 11 is 3.24. The molecule has 17 heavy (non-hydrogen) atoms. The molecule has 5 heteroatoms. The van der Waals surface area contributed by atoms with Crippen LogP contribution in [-0.2, 0) is 5.75 Å². The van der Waals surface area contributed by atoms with Crippen molar-refractivity contribution in [1.29, 1.82) is 0 Å². The van der Waals surface area contributed by atoms with Crippen LogP contribution in [0.25, 0.3) is 0 Å². The Kier molecular flexibility index (Phi) is 3.91. The summed E-state index contributed by atoms with van der Waals surface area (Å²) in [4.78, 5) is 5.45. The molecule has 2 N–H and O–H groups in total. The second-order valence-electron chi connectivity index (χ2n) is 3.60. The lowest BCUT2D eigenvalue weighted by molar-refractivity contribution is 0.411. The first-order valence-corrected chi connectivity index (χ1v) is 7.03. The molecule has 0 bridgehead atoms. The predicted octanol–water partition coefficient (Wildman–Crippen LogP) is 3.33. The molecule has 2 rings (SSSR count). The first kappa shape index (κ1) is 12.3. The van der Waals surface area contributed by atoms with Crippen molar-refractivity contribution in [3.63, 3.8) is 0 Å². The zero-order valence-electron chi connectivity index (χ0n) is 9.77. The fourth-order valence-corrected chi connectivity index (χ4v) is 3.04. The van der Waals surface area contributed by atoms with Gasteiger partial charge in [0.1, 0.15) is 5.75 Å². The van der Waals surface area contributed by atoms with E-state index in [1.165, 1.54) is 16.2 Å². The van der Waals surface area contributed by atoms with E-state index >= 15 is 0 Å². The minimum Gasteiger partial charge on any atom is -0.496 e. The van der Waals surface area contributed by atoms with Gasteiger partial charge in [0.25, 0.3) is 0 Å². The highest BCUT2D eigenvalue weighted by molar-refractivity contribution is 7.98. The van der Waals surface area contributed by atoms with Crippen LogP contribution in [-0.4, -0.2) is 12.1 Å². The van der Waals surface area contributed by atoms with Crippen molar-refractivity contribution in [3.05, 3.63) is 34.8 Å². The predicted molar refractivity (Wildman–Crippen MR) is 73.8 cm³/mol. The molecule has 0 saturated heterocycles. The zero-order valence-corrected chi connectivity index (χ0v) is 11.4. The van der Waals surface area contributed by atoms with Crippen LogP contribution in [0.15, 0.2) is 28.5 Å². The lowest BCUT2D eigenvalue weighted by atomic mass is 10.2. The summed E-state index contributed by atoms with van der Waals surface area (Å²) in [6.45, 7) is 2.05. The minimum atomic E-state index is 0.631. The molecule has 0 aliphatic carbocycles. The van der Waals surface area contributed by atoms with E-state index in [2.05, 4.69) is 17.1 Å². The van der Waals surface area contributed by atoms with E-state index < -0.39 is 0 Å². The molecule has 0 saturated carbocycles. The highest BCUT2D eigenvalue weighted by Crippen LogP contribution is 2.28. The number of ether oxygens (including phenoxy) is 1. The van der Waals surface area contributed by atoms with E-state index in [0.717, 1.165) is 22.8 Å². The van der Waals surface area contributed by atoms with Crippen molar-refractivity contribution in [2.45, 2.75) is 17.6 Å². The maximum Gasteiger partial charge on any atom is 0.180 e. The van der Waals surface area contributed by atoms with Crippen molar-refractivity contribution in [2.24, 2.45) is 0 Å². The number of benzene rings is 1. The van der Waals surface area contributed by atoms with Gasteiger partial charge in [-0.3, -0.25) is 0 Å². The molecule has 0 radical (unpaired) electrons. The lowest BCUT2D eigenvalue weighted by Crippen LogP contribution is -1.88. The quantitative estimate of drug-likeness (QED) is 0.862.